The maximum atomic E-state index is 13.1. The Morgan fingerprint density at radius 3 is 2.58 bits per heavy atom. The van der Waals surface area contributed by atoms with Crippen LogP contribution < -0.4 is 4.72 Å². The van der Waals surface area contributed by atoms with Crippen LogP contribution in [0, 0.1) is 5.82 Å². The van der Waals surface area contributed by atoms with Crippen molar-refractivity contribution >= 4 is 54.6 Å². The molecule has 19 heavy (non-hydrogen) atoms. The first-order valence-electron chi connectivity index (χ1n) is 4.76. The molecular formula is C10H6BrClFNO3S2. The lowest BCUT2D eigenvalue weighted by Crippen LogP contribution is -2.11. The van der Waals surface area contributed by atoms with Gasteiger partial charge in [-0.2, -0.15) is 0 Å². The largest absolute Gasteiger partial charge is 0.505 e. The zero-order valence-corrected chi connectivity index (χ0v) is 13.0. The molecule has 0 amide bonds. The number of benzene rings is 1. The van der Waals surface area contributed by atoms with Gasteiger partial charge >= 0.3 is 0 Å². The third-order valence-corrected chi connectivity index (χ3v) is 6.42. The molecule has 0 unspecified atom stereocenters. The highest BCUT2D eigenvalue weighted by molar-refractivity contribution is 9.11. The standard InChI is InChI=1S/C10H6BrClFNO3S2/c11-10-6(12)4-9(18-10)19(16,17)14-5-1-2-8(15)7(13)3-5/h1-4,14-15H. The second-order valence-corrected chi connectivity index (χ2v) is 8.15. The van der Waals surface area contributed by atoms with E-state index in [1.807, 2.05) is 0 Å². The van der Waals surface area contributed by atoms with E-state index in [-0.39, 0.29) is 14.9 Å². The number of rotatable bonds is 3. The Hall–Kier alpha value is -0.830. The third-order valence-electron chi connectivity index (χ3n) is 2.09. The Kier molecular flexibility index (Phi) is 4.05. The van der Waals surface area contributed by atoms with Crippen molar-refractivity contribution in [3.63, 3.8) is 0 Å². The Labute approximate surface area is 126 Å². The molecule has 0 aliphatic heterocycles. The molecule has 4 nitrogen and oxygen atoms in total. The lowest BCUT2D eigenvalue weighted by atomic mass is 10.3. The fourth-order valence-electron chi connectivity index (χ4n) is 1.24. The highest BCUT2D eigenvalue weighted by Crippen LogP contribution is 2.35. The summed E-state index contributed by atoms with van der Waals surface area (Å²) < 4.78 is 39.8. The Morgan fingerprint density at radius 2 is 2.05 bits per heavy atom. The lowest BCUT2D eigenvalue weighted by Gasteiger charge is -2.06. The van der Waals surface area contributed by atoms with Gasteiger partial charge in [-0.05, 0) is 34.1 Å². The summed E-state index contributed by atoms with van der Waals surface area (Å²) in [6.07, 6.45) is 0. The van der Waals surface area contributed by atoms with Gasteiger partial charge in [-0.1, -0.05) is 11.6 Å². The maximum Gasteiger partial charge on any atom is 0.271 e. The predicted molar refractivity (Wildman–Crippen MR) is 75.9 cm³/mol. The maximum absolute atomic E-state index is 13.1. The summed E-state index contributed by atoms with van der Waals surface area (Å²) in [6, 6.07) is 4.48. The molecular weight excluding hydrogens is 381 g/mol. The molecule has 1 aromatic carbocycles. The van der Waals surface area contributed by atoms with E-state index in [9.17, 15) is 12.8 Å². The van der Waals surface area contributed by atoms with E-state index < -0.39 is 21.6 Å². The van der Waals surface area contributed by atoms with Crippen LogP contribution in [0.1, 0.15) is 0 Å². The average molecular weight is 387 g/mol. The van der Waals surface area contributed by atoms with Crippen molar-refractivity contribution in [2.75, 3.05) is 4.72 Å². The summed E-state index contributed by atoms with van der Waals surface area (Å²) >= 11 is 9.82. The normalized spacial score (nSPS) is 11.5. The smallest absolute Gasteiger partial charge is 0.271 e. The van der Waals surface area contributed by atoms with Crippen molar-refractivity contribution in [3.8, 4) is 5.75 Å². The number of hydrogen-bond acceptors (Lipinski definition) is 4. The molecule has 2 N–H and O–H groups in total. The molecule has 0 saturated heterocycles. The van der Waals surface area contributed by atoms with Gasteiger partial charge in [0.05, 0.1) is 14.5 Å². The van der Waals surface area contributed by atoms with Gasteiger partial charge in [-0.15, -0.1) is 11.3 Å². The lowest BCUT2D eigenvalue weighted by molar-refractivity contribution is 0.432. The Balaban J connectivity index is 2.33. The fourth-order valence-corrected chi connectivity index (χ4v) is 4.68. The number of nitrogens with one attached hydrogen (secondary N) is 1. The first-order chi connectivity index (χ1) is 8.79. The summed E-state index contributed by atoms with van der Waals surface area (Å²) in [7, 11) is -3.84. The number of phenols is 1. The van der Waals surface area contributed by atoms with Gasteiger partial charge in [0.2, 0.25) is 0 Å². The summed E-state index contributed by atoms with van der Waals surface area (Å²) in [5.41, 5.74) is 0.0101. The average Bonchev–Trinajstić information content (AvgIpc) is 2.65. The quantitative estimate of drug-likeness (QED) is 0.788. The summed E-state index contributed by atoms with van der Waals surface area (Å²) in [5, 5.41) is 9.30. The number of anilines is 1. The SMILES string of the molecule is O=S(=O)(Nc1ccc(O)c(F)c1)c1cc(Cl)c(Br)s1. The number of hydrogen-bond donors (Lipinski definition) is 2. The van der Waals surface area contributed by atoms with Gasteiger partial charge in [-0.25, -0.2) is 12.8 Å². The molecule has 0 aliphatic carbocycles. The molecule has 0 fully saturated rings. The molecule has 0 radical (unpaired) electrons. The van der Waals surface area contributed by atoms with Gasteiger partial charge in [0, 0.05) is 6.07 Å². The van der Waals surface area contributed by atoms with Crippen LogP contribution in [0.15, 0.2) is 32.3 Å². The summed E-state index contributed by atoms with van der Waals surface area (Å²) in [6.45, 7) is 0. The van der Waals surface area contributed by atoms with E-state index in [0.29, 0.717) is 3.79 Å². The van der Waals surface area contributed by atoms with Crippen LogP contribution in [-0.2, 0) is 10.0 Å². The van der Waals surface area contributed by atoms with Crippen molar-refractivity contribution in [2.45, 2.75) is 4.21 Å². The minimum atomic E-state index is -3.84. The molecule has 0 atom stereocenters. The molecule has 0 aliphatic rings. The van der Waals surface area contributed by atoms with E-state index in [4.69, 9.17) is 16.7 Å². The van der Waals surface area contributed by atoms with Crippen LogP contribution in [0.5, 0.6) is 5.75 Å². The zero-order valence-electron chi connectivity index (χ0n) is 9.02. The monoisotopic (exact) mass is 385 g/mol. The number of thiophene rings is 1. The fraction of sp³-hybridized carbons (Fsp3) is 0. The first kappa shape index (κ1) is 14.6. The molecule has 0 bridgehead atoms. The molecule has 1 heterocycles. The molecule has 2 rings (SSSR count). The van der Waals surface area contributed by atoms with Crippen LogP contribution in [0.2, 0.25) is 5.02 Å². The zero-order chi connectivity index (χ0) is 14.2. The molecule has 0 spiro atoms. The Bertz CT molecular complexity index is 713. The minimum absolute atomic E-state index is 0.00198. The second kappa shape index (κ2) is 5.28. The summed E-state index contributed by atoms with van der Waals surface area (Å²) in [4.78, 5) is 0. The number of sulfonamides is 1. The second-order valence-electron chi connectivity index (χ2n) is 3.46. The van der Waals surface area contributed by atoms with Gasteiger partial charge in [0.15, 0.2) is 11.6 Å². The van der Waals surface area contributed by atoms with Crippen LogP contribution in [0.25, 0.3) is 0 Å². The van der Waals surface area contributed by atoms with Crippen molar-refractivity contribution in [2.24, 2.45) is 0 Å². The van der Waals surface area contributed by atoms with Crippen molar-refractivity contribution in [1.29, 1.82) is 0 Å². The Morgan fingerprint density at radius 1 is 1.37 bits per heavy atom. The van der Waals surface area contributed by atoms with Gasteiger partial charge in [0.25, 0.3) is 10.0 Å². The van der Waals surface area contributed by atoms with Crippen molar-refractivity contribution in [1.82, 2.24) is 0 Å². The highest BCUT2D eigenvalue weighted by Gasteiger charge is 2.19. The van der Waals surface area contributed by atoms with Crippen LogP contribution in [0.4, 0.5) is 10.1 Å². The van der Waals surface area contributed by atoms with Gasteiger partial charge < -0.3 is 5.11 Å². The topological polar surface area (TPSA) is 66.4 Å². The van der Waals surface area contributed by atoms with E-state index >= 15 is 0 Å². The minimum Gasteiger partial charge on any atom is -0.505 e. The molecule has 2 aromatic rings. The molecule has 102 valence electrons. The molecule has 0 saturated carbocycles. The number of phenolic OH excluding ortho intramolecular Hbond substituents is 1. The van der Waals surface area contributed by atoms with E-state index in [1.165, 1.54) is 12.1 Å². The number of halogens is 3. The van der Waals surface area contributed by atoms with E-state index in [0.717, 1.165) is 23.5 Å². The highest BCUT2D eigenvalue weighted by atomic mass is 79.9. The summed E-state index contributed by atoms with van der Waals surface area (Å²) in [5.74, 6) is -1.46. The molecule has 9 heteroatoms. The van der Waals surface area contributed by atoms with Crippen LogP contribution in [0.3, 0.4) is 0 Å². The first-order valence-corrected chi connectivity index (χ1v) is 8.23. The predicted octanol–water partition coefficient (Wildman–Crippen LogP) is 3.81. The van der Waals surface area contributed by atoms with E-state index in [2.05, 4.69) is 20.7 Å². The van der Waals surface area contributed by atoms with Gasteiger partial charge in [-0.3, -0.25) is 4.72 Å². The third kappa shape index (κ3) is 3.19. The molecule has 1 aromatic heterocycles. The van der Waals surface area contributed by atoms with Crippen LogP contribution >= 0.6 is 38.9 Å². The van der Waals surface area contributed by atoms with Crippen molar-refractivity contribution < 1.29 is 17.9 Å². The number of aromatic hydroxyl groups is 1. The van der Waals surface area contributed by atoms with E-state index in [1.54, 1.807) is 0 Å². The van der Waals surface area contributed by atoms with Gasteiger partial charge in [0.1, 0.15) is 4.21 Å². The van der Waals surface area contributed by atoms with Crippen LogP contribution in [-0.4, -0.2) is 13.5 Å². The van der Waals surface area contributed by atoms with Crippen molar-refractivity contribution in [3.05, 3.63) is 38.9 Å².